The highest BCUT2D eigenvalue weighted by molar-refractivity contribution is 7.14. The summed E-state index contributed by atoms with van der Waals surface area (Å²) < 4.78 is 2.37. The highest BCUT2D eigenvalue weighted by atomic mass is 32.1. The van der Waals surface area contributed by atoms with Crippen molar-refractivity contribution in [1.29, 1.82) is 0 Å². The lowest BCUT2D eigenvalue weighted by atomic mass is 10.3. The maximum Gasteiger partial charge on any atom is 0.330 e. The highest BCUT2D eigenvalue weighted by Gasteiger charge is 2.07. The number of carbonyl (C=O) groups excluding carboxylic acids is 1. The molecule has 0 spiro atoms. The predicted octanol–water partition coefficient (Wildman–Crippen LogP) is 0.0705. The number of aryl methyl sites for hydroxylation is 1. The Bertz CT molecular complexity index is 829. The van der Waals surface area contributed by atoms with Crippen LogP contribution in [0, 0.1) is 0 Å². The first-order chi connectivity index (χ1) is 9.93. The molecule has 0 atom stereocenters. The van der Waals surface area contributed by atoms with E-state index in [1.54, 1.807) is 26.2 Å². The van der Waals surface area contributed by atoms with E-state index in [0.717, 1.165) is 4.57 Å². The van der Waals surface area contributed by atoms with E-state index >= 15 is 0 Å². The smallest absolute Gasteiger partial charge is 0.330 e. The number of rotatable bonds is 3. The fourth-order valence-electron chi connectivity index (χ4n) is 1.70. The minimum absolute atomic E-state index is 0.204. The van der Waals surface area contributed by atoms with Crippen LogP contribution in [0.1, 0.15) is 20.2 Å². The number of carbonyl (C=O) groups is 1. The Kier molecular flexibility index (Phi) is 4.18. The van der Waals surface area contributed by atoms with Gasteiger partial charge in [0.2, 0.25) is 0 Å². The molecule has 2 heterocycles. The first-order valence-electron chi connectivity index (χ1n) is 6.06. The first-order valence-corrected chi connectivity index (χ1v) is 6.88. The topological polar surface area (TPSA) is 86.0 Å². The van der Waals surface area contributed by atoms with Gasteiger partial charge in [0.25, 0.3) is 11.5 Å². The molecule has 1 amide bonds. The van der Waals surface area contributed by atoms with Crippen LogP contribution in [0.25, 0.3) is 12.2 Å². The number of hydrogen-bond acceptors (Lipinski definition) is 5. The zero-order chi connectivity index (χ0) is 15.6. The van der Waals surface area contributed by atoms with E-state index < -0.39 is 0 Å². The maximum atomic E-state index is 11.9. The molecule has 0 aliphatic carbocycles. The zero-order valence-corrected chi connectivity index (χ0v) is 12.6. The second-order valence-electron chi connectivity index (χ2n) is 4.32. The fraction of sp³-hybridized carbons (Fsp3) is 0.231. The SMILES string of the molecule is CNC(=O)c1cnc(/C=C/c2cn(C)c(=O)n(C)c2=O)s1. The van der Waals surface area contributed by atoms with E-state index in [9.17, 15) is 14.4 Å². The number of amides is 1. The van der Waals surface area contributed by atoms with Crippen molar-refractivity contribution >= 4 is 29.4 Å². The predicted molar refractivity (Wildman–Crippen MR) is 81.4 cm³/mol. The van der Waals surface area contributed by atoms with E-state index in [2.05, 4.69) is 10.3 Å². The Morgan fingerprint density at radius 1 is 1.33 bits per heavy atom. The van der Waals surface area contributed by atoms with Crippen LogP contribution in [0.5, 0.6) is 0 Å². The summed E-state index contributed by atoms with van der Waals surface area (Å²) in [4.78, 5) is 39.5. The quantitative estimate of drug-likeness (QED) is 0.869. The van der Waals surface area contributed by atoms with Gasteiger partial charge in [0.1, 0.15) is 9.88 Å². The summed E-state index contributed by atoms with van der Waals surface area (Å²) in [5.41, 5.74) is -0.387. The van der Waals surface area contributed by atoms with Gasteiger partial charge in [-0.1, -0.05) is 0 Å². The minimum Gasteiger partial charge on any atom is -0.354 e. The van der Waals surface area contributed by atoms with Crippen LogP contribution in [-0.2, 0) is 14.1 Å². The molecular weight excluding hydrogens is 292 g/mol. The summed E-state index contributed by atoms with van der Waals surface area (Å²) in [6.07, 6.45) is 6.16. The van der Waals surface area contributed by atoms with Crippen LogP contribution in [0.4, 0.5) is 0 Å². The Morgan fingerprint density at radius 2 is 2.05 bits per heavy atom. The van der Waals surface area contributed by atoms with Gasteiger partial charge in [-0.15, -0.1) is 11.3 Å². The van der Waals surface area contributed by atoms with Gasteiger partial charge in [-0.25, -0.2) is 9.78 Å². The van der Waals surface area contributed by atoms with Crippen molar-refractivity contribution in [1.82, 2.24) is 19.4 Å². The lowest BCUT2D eigenvalue weighted by Crippen LogP contribution is -2.37. The molecule has 0 aromatic carbocycles. The van der Waals surface area contributed by atoms with Crippen LogP contribution < -0.4 is 16.6 Å². The van der Waals surface area contributed by atoms with E-state index in [1.807, 2.05) is 0 Å². The second kappa shape index (κ2) is 5.88. The van der Waals surface area contributed by atoms with Crippen molar-refractivity contribution < 1.29 is 4.79 Å². The van der Waals surface area contributed by atoms with Crippen molar-refractivity contribution in [3.63, 3.8) is 0 Å². The highest BCUT2D eigenvalue weighted by Crippen LogP contribution is 2.15. The molecule has 0 aliphatic heterocycles. The molecule has 0 unspecified atom stereocenters. The van der Waals surface area contributed by atoms with Gasteiger partial charge in [-0.3, -0.25) is 14.2 Å². The number of nitrogens with zero attached hydrogens (tertiary/aromatic N) is 3. The molecule has 0 saturated carbocycles. The van der Waals surface area contributed by atoms with Gasteiger partial charge in [0.15, 0.2) is 0 Å². The van der Waals surface area contributed by atoms with Crippen LogP contribution in [0.15, 0.2) is 22.0 Å². The summed E-state index contributed by atoms with van der Waals surface area (Å²) in [5.74, 6) is -0.204. The molecule has 2 rings (SSSR count). The fourth-order valence-corrected chi connectivity index (χ4v) is 2.47. The molecular formula is C13H14N4O3S. The van der Waals surface area contributed by atoms with Gasteiger partial charge in [-0.2, -0.15) is 0 Å². The van der Waals surface area contributed by atoms with Gasteiger partial charge in [0, 0.05) is 27.3 Å². The third kappa shape index (κ3) is 3.00. The first kappa shape index (κ1) is 14.9. The van der Waals surface area contributed by atoms with E-state index in [4.69, 9.17) is 0 Å². The summed E-state index contributed by atoms with van der Waals surface area (Å²) in [6, 6.07) is 0. The average Bonchev–Trinajstić information content (AvgIpc) is 2.95. The van der Waals surface area contributed by atoms with Crippen LogP contribution >= 0.6 is 11.3 Å². The Labute approximate surface area is 124 Å². The molecule has 0 aliphatic rings. The minimum atomic E-state index is -0.381. The van der Waals surface area contributed by atoms with Gasteiger partial charge < -0.3 is 9.88 Å². The molecule has 8 heteroatoms. The summed E-state index contributed by atoms with van der Waals surface area (Å²) >= 11 is 1.21. The molecule has 2 aromatic rings. The van der Waals surface area contributed by atoms with Gasteiger partial charge >= 0.3 is 5.69 Å². The molecule has 2 aromatic heterocycles. The van der Waals surface area contributed by atoms with E-state index in [0.29, 0.717) is 15.4 Å². The van der Waals surface area contributed by atoms with Gasteiger partial charge in [-0.05, 0) is 12.2 Å². The molecule has 1 N–H and O–H groups in total. The molecule has 0 radical (unpaired) electrons. The molecule has 0 saturated heterocycles. The molecule has 7 nitrogen and oxygen atoms in total. The molecule has 0 bridgehead atoms. The third-order valence-corrected chi connectivity index (χ3v) is 3.81. The van der Waals surface area contributed by atoms with Gasteiger partial charge in [0.05, 0.1) is 11.8 Å². The summed E-state index contributed by atoms with van der Waals surface area (Å²) in [7, 11) is 4.55. The van der Waals surface area contributed by atoms with Crippen LogP contribution in [-0.4, -0.2) is 27.1 Å². The molecule has 21 heavy (non-hydrogen) atoms. The number of thiazole rings is 1. The number of hydrogen-bond donors (Lipinski definition) is 1. The van der Waals surface area contributed by atoms with E-state index in [-0.39, 0.29) is 17.2 Å². The van der Waals surface area contributed by atoms with E-state index in [1.165, 1.54) is 35.3 Å². The van der Waals surface area contributed by atoms with Crippen molar-refractivity contribution in [3.05, 3.63) is 48.7 Å². The summed E-state index contributed by atoms with van der Waals surface area (Å²) in [5, 5.41) is 3.12. The zero-order valence-electron chi connectivity index (χ0n) is 11.8. The maximum absolute atomic E-state index is 11.9. The van der Waals surface area contributed by atoms with Crippen molar-refractivity contribution in [3.8, 4) is 0 Å². The van der Waals surface area contributed by atoms with Crippen molar-refractivity contribution in [2.24, 2.45) is 14.1 Å². The lowest BCUT2D eigenvalue weighted by Gasteiger charge is -2.02. The number of nitrogens with one attached hydrogen (secondary N) is 1. The molecule has 0 fully saturated rings. The molecule has 110 valence electrons. The standard InChI is InChI=1S/C13H14N4O3S/c1-14-11(18)9-6-15-10(21-9)5-4-8-7-16(2)13(20)17(3)12(8)19/h4-7H,1-3H3,(H,14,18)/b5-4+. The Balaban J connectivity index is 2.34. The summed E-state index contributed by atoms with van der Waals surface area (Å²) in [6.45, 7) is 0. The normalized spacial score (nSPS) is 11.0. The Hall–Kier alpha value is -2.48. The number of aromatic nitrogens is 3. The Morgan fingerprint density at radius 3 is 2.71 bits per heavy atom. The van der Waals surface area contributed by atoms with Crippen LogP contribution in [0.3, 0.4) is 0 Å². The van der Waals surface area contributed by atoms with Crippen molar-refractivity contribution in [2.45, 2.75) is 0 Å². The van der Waals surface area contributed by atoms with Crippen molar-refractivity contribution in [2.75, 3.05) is 7.05 Å². The largest absolute Gasteiger partial charge is 0.354 e. The lowest BCUT2D eigenvalue weighted by molar-refractivity contribution is 0.0967. The third-order valence-electron chi connectivity index (χ3n) is 2.85. The second-order valence-corrected chi connectivity index (χ2v) is 5.38. The monoisotopic (exact) mass is 306 g/mol. The van der Waals surface area contributed by atoms with Crippen LogP contribution in [0.2, 0.25) is 0 Å². The average molecular weight is 306 g/mol.